The maximum absolute atomic E-state index is 12.1. The van der Waals surface area contributed by atoms with Crippen molar-refractivity contribution in [1.82, 2.24) is 10.4 Å². The van der Waals surface area contributed by atoms with Gasteiger partial charge < -0.3 is 23.5 Å². The van der Waals surface area contributed by atoms with E-state index in [-0.39, 0.29) is 12.7 Å². The van der Waals surface area contributed by atoms with E-state index in [0.717, 1.165) is 0 Å². The van der Waals surface area contributed by atoms with E-state index in [9.17, 15) is 4.79 Å². The van der Waals surface area contributed by atoms with Gasteiger partial charge in [-0.15, -0.1) is 0 Å². The molecule has 1 N–H and O–H groups in total. The number of hydrogen-bond acceptors (Lipinski definition) is 8. The Morgan fingerprint density at radius 2 is 2.12 bits per heavy atom. The number of benzene rings is 1. The second-order valence-corrected chi connectivity index (χ2v) is 5.79. The fourth-order valence-electron chi connectivity index (χ4n) is 2.42. The molecule has 0 unspecified atom stereocenters. The van der Waals surface area contributed by atoms with Gasteiger partial charge in [0, 0.05) is 11.6 Å². The third-order valence-electron chi connectivity index (χ3n) is 3.63. The predicted molar refractivity (Wildman–Crippen MR) is 84.0 cm³/mol. The van der Waals surface area contributed by atoms with E-state index in [1.165, 1.54) is 17.3 Å². The lowest BCUT2D eigenvalue weighted by Crippen LogP contribution is -2.55. The highest BCUT2D eigenvalue weighted by Crippen LogP contribution is 2.34. The average molecular weight is 345 g/mol. The highest BCUT2D eigenvalue weighted by Gasteiger charge is 2.40. The molecule has 0 spiro atoms. The second kappa shape index (κ2) is 5.62. The first-order valence-corrected chi connectivity index (χ1v) is 7.51. The van der Waals surface area contributed by atoms with Crippen LogP contribution in [0.2, 0.25) is 0 Å². The van der Waals surface area contributed by atoms with Gasteiger partial charge in [0.1, 0.15) is 0 Å². The number of carbonyl (C=O) groups is 1. The molecule has 1 amide bonds. The summed E-state index contributed by atoms with van der Waals surface area (Å²) in [6, 6.07) is 8.47. The number of hydrogen-bond donors (Lipinski definition) is 1. The Bertz CT molecular complexity index is 830. The molecule has 1 aromatic carbocycles. The topological polar surface area (TPSA) is 94.8 Å². The Morgan fingerprint density at radius 3 is 2.92 bits per heavy atom. The van der Waals surface area contributed by atoms with Gasteiger partial charge in [0.05, 0.1) is 6.26 Å². The SMILES string of the molecule is CC1(C)ON=C(c2ccc3c(c2)OCO3)N1NC(=O)Oc1ccco1. The zero-order chi connectivity index (χ0) is 17.4. The lowest BCUT2D eigenvalue weighted by Gasteiger charge is -2.30. The van der Waals surface area contributed by atoms with E-state index in [1.807, 2.05) is 0 Å². The predicted octanol–water partition coefficient (Wildman–Crippen LogP) is 2.44. The van der Waals surface area contributed by atoms with Gasteiger partial charge in [0.25, 0.3) is 5.95 Å². The molecule has 0 fully saturated rings. The van der Waals surface area contributed by atoms with Crippen molar-refractivity contribution < 1.29 is 28.3 Å². The van der Waals surface area contributed by atoms with Crippen molar-refractivity contribution >= 4 is 11.9 Å². The van der Waals surface area contributed by atoms with E-state index < -0.39 is 11.8 Å². The molecule has 2 aliphatic heterocycles. The van der Waals surface area contributed by atoms with Crippen LogP contribution in [0.15, 0.2) is 46.2 Å². The molecule has 9 nitrogen and oxygen atoms in total. The van der Waals surface area contributed by atoms with Crippen molar-refractivity contribution in [1.29, 1.82) is 0 Å². The Morgan fingerprint density at radius 1 is 1.28 bits per heavy atom. The number of rotatable bonds is 3. The van der Waals surface area contributed by atoms with Crippen LogP contribution in [0.4, 0.5) is 4.79 Å². The van der Waals surface area contributed by atoms with Crippen LogP contribution in [0.3, 0.4) is 0 Å². The zero-order valence-corrected chi connectivity index (χ0v) is 13.5. The molecule has 9 heteroatoms. The maximum Gasteiger partial charge on any atom is 0.434 e. The van der Waals surface area contributed by atoms with Crippen molar-refractivity contribution in [3.05, 3.63) is 42.2 Å². The maximum atomic E-state index is 12.1. The Balaban J connectivity index is 1.55. The van der Waals surface area contributed by atoms with E-state index in [4.69, 9.17) is 23.5 Å². The molecule has 0 saturated heterocycles. The van der Waals surface area contributed by atoms with Crippen molar-refractivity contribution in [2.45, 2.75) is 19.6 Å². The summed E-state index contributed by atoms with van der Waals surface area (Å²) in [5, 5.41) is 5.54. The number of fused-ring (bicyclic) bond motifs is 1. The van der Waals surface area contributed by atoms with Crippen molar-refractivity contribution in [3.63, 3.8) is 0 Å². The van der Waals surface area contributed by atoms with Crippen LogP contribution in [0.5, 0.6) is 17.4 Å². The molecule has 0 bridgehead atoms. The first-order valence-electron chi connectivity index (χ1n) is 7.51. The average Bonchev–Trinajstić information content (AvgIpc) is 3.29. The fourth-order valence-corrected chi connectivity index (χ4v) is 2.42. The van der Waals surface area contributed by atoms with E-state index in [2.05, 4.69) is 10.6 Å². The van der Waals surface area contributed by atoms with Crippen LogP contribution in [0.1, 0.15) is 19.4 Å². The molecule has 0 atom stereocenters. The zero-order valence-electron chi connectivity index (χ0n) is 13.5. The molecule has 0 saturated carbocycles. The minimum absolute atomic E-state index is 0.0805. The molecule has 0 aliphatic carbocycles. The molecule has 3 heterocycles. The molecule has 0 radical (unpaired) electrons. The van der Waals surface area contributed by atoms with Crippen LogP contribution >= 0.6 is 0 Å². The van der Waals surface area contributed by atoms with Crippen LogP contribution in [0, 0.1) is 0 Å². The summed E-state index contributed by atoms with van der Waals surface area (Å²) in [6.45, 7) is 3.68. The monoisotopic (exact) mass is 345 g/mol. The third-order valence-corrected chi connectivity index (χ3v) is 3.63. The van der Waals surface area contributed by atoms with E-state index in [0.29, 0.717) is 22.9 Å². The molecular weight excluding hydrogens is 330 g/mol. The highest BCUT2D eigenvalue weighted by molar-refractivity contribution is 6.00. The molecular formula is C16H15N3O6. The molecule has 2 aliphatic rings. The number of nitrogens with zero attached hydrogens (tertiary/aromatic N) is 2. The third kappa shape index (κ3) is 2.80. The molecule has 25 heavy (non-hydrogen) atoms. The van der Waals surface area contributed by atoms with Gasteiger partial charge >= 0.3 is 6.09 Å². The summed E-state index contributed by atoms with van der Waals surface area (Å²) < 4.78 is 20.7. The smallest absolute Gasteiger partial charge is 0.434 e. The lowest BCUT2D eigenvalue weighted by molar-refractivity contribution is -0.0831. The number of amidine groups is 1. The molecule has 4 rings (SSSR count). The summed E-state index contributed by atoms with van der Waals surface area (Å²) in [5.41, 5.74) is 2.39. The number of nitrogens with one attached hydrogen (secondary N) is 1. The number of amides is 1. The minimum Gasteiger partial charge on any atom is -0.454 e. The number of oxime groups is 1. The quantitative estimate of drug-likeness (QED) is 0.913. The Kier molecular flexibility index (Phi) is 3.41. The summed E-state index contributed by atoms with van der Waals surface area (Å²) in [4.78, 5) is 17.6. The Hall–Kier alpha value is -3.36. The molecule has 2 aromatic rings. The van der Waals surface area contributed by atoms with Crippen molar-refractivity contribution in [3.8, 4) is 17.4 Å². The molecule has 1 aromatic heterocycles. The summed E-state index contributed by atoms with van der Waals surface area (Å²) in [6.07, 6.45) is 0.673. The highest BCUT2D eigenvalue weighted by atomic mass is 16.7. The van der Waals surface area contributed by atoms with E-state index in [1.54, 1.807) is 38.1 Å². The number of ether oxygens (including phenoxy) is 3. The van der Waals surface area contributed by atoms with Gasteiger partial charge in [-0.3, -0.25) is 0 Å². The van der Waals surface area contributed by atoms with Gasteiger partial charge in [0.15, 0.2) is 17.3 Å². The standard InChI is InChI=1S/C16H15N3O6/c1-16(2)19(17-15(20)24-13-4-3-7-21-13)14(18-25-16)10-5-6-11-12(8-10)23-9-22-11/h3-8H,9H2,1-2H3,(H,17,20). The van der Waals surface area contributed by atoms with E-state index >= 15 is 0 Å². The number of carbonyl (C=O) groups excluding carboxylic acids is 1. The van der Waals surface area contributed by atoms with Crippen LogP contribution in [-0.4, -0.2) is 29.5 Å². The Labute approximate surface area is 142 Å². The second-order valence-electron chi connectivity index (χ2n) is 5.79. The first-order chi connectivity index (χ1) is 12.0. The van der Waals surface area contributed by atoms with Gasteiger partial charge in [-0.1, -0.05) is 5.16 Å². The summed E-state index contributed by atoms with van der Waals surface area (Å²) >= 11 is 0. The number of hydrazine groups is 1. The van der Waals surface area contributed by atoms with Crippen LogP contribution in [-0.2, 0) is 4.84 Å². The van der Waals surface area contributed by atoms with Crippen molar-refractivity contribution in [2.75, 3.05) is 6.79 Å². The molecule has 130 valence electrons. The van der Waals surface area contributed by atoms with Gasteiger partial charge in [0.2, 0.25) is 12.5 Å². The summed E-state index contributed by atoms with van der Waals surface area (Å²) in [7, 11) is 0. The minimum atomic E-state index is -0.909. The van der Waals surface area contributed by atoms with Gasteiger partial charge in [-0.05, 0) is 38.1 Å². The summed E-state index contributed by atoms with van der Waals surface area (Å²) in [5.74, 6) is 1.74. The fraction of sp³-hybridized carbons (Fsp3) is 0.250. The lowest BCUT2D eigenvalue weighted by atomic mass is 10.1. The van der Waals surface area contributed by atoms with Crippen molar-refractivity contribution in [2.24, 2.45) is 5.16 Å². The van der Waals surface area contributed by atoms with Gasteiger partial charge in [-0.2, -0.15) is 0 Å². The van der Waals surface area contributed by atoms with Crippen LogP contribution < -0.4 is 19.6 Å². The number of furan rings is 1. The van der Waals surface area contributed by atoms with Gasteiger partial charge in [-0.25, -0.2) is 15.2 Å². The first kappa shape index (κ1) is 15.2. The largest absolute Gasteiger partial charge is 0.454 e. The van der Waals surface area contributed by atoms with Crippen LogP contribution in [0.25, 0.3) is 0 Å². The normalized spacial score (nSPS) is 17.0.